The van der Waals surface area contributed by atoms with Crippen LogP contribution in [-0.4, -0.2) is 22.1 Å². The van der Waals surface area contributed by atoms with Gasteiger partial charge in [-0.2, -0.15) is 0 Å². The lowest BCUT2D eigenvalue weighted by Crippen LogP contribution is -2.33. The molecule has 0 saturated carbocycles. The highest BCUT2D eigenvalue weighted by Gasteiger charge is 2.17. The van der Waals surface area contributed by atoms with Gasteiger partial charge < -0.3 is 14.8 Å². The Balaban J connectivity index is 1.73. The summed E-state index contributed by atoms with van der Waals surface area (Å²) in [4.78, 5) is 6.80. The second kappa shape index (κ2) is 6.20. The predicted molar refractivity (Wildman–Crippen MR) is 89.4 cm³/mol. The highest BCUT2D eigenvalue weighted by molar-refractivity contribution is 9.10. The van der Waals surface area contributed by atoms with Crippen molar-refractivity contribution in [2.45, 2.75) is 39.5 Å². The summed E-state index contributed by atoms with van der Waals surface area (Å²) < 4.78 is 3.40. The van der Waals surface area contributed by atoms with Crippen molar-refractivity contribution < 1.29 is 0 Å². The Morgan fingerprint density at radius 3 is 2.95 bits per heavy atom. The van der Waals surface area contributed by atoms with Crippen molar-refractivity contribution in [2.75, 3.05) is 11.4 Å². The molecule has 0 unspecified atom stereocenters. The molecule has 0 atom stereocenters. The van der Waals surface area contributed by atoms with Gasteiger partial charge in [0.2, 0.25) is 0 Å². The molecular formula is C16H21BrN4. The second-order valence-corrected chi connectivity index (χ2v) is 6.62. The van der Waals surface area contributed by atoms with Gasteiger partial charge in [-0.25, -0.2) is 4.98 Å². The van der Waals surface area contributed by atoms with Gasteiger partial charge in [-0.1, -0.05) is 35.8 Å². The first-order valence-electron chi connectivity index (χ1n) is 7.40. The summed E-state index contributed by atoms with van der Waals surface area (Å²) in [5.41, 5.74) is 2.55. The third-order valence-electron chi connectivity index (χ3n) is 3.85. The fourth-order valence-electron chi connectivity index (χ4n) is 2.58. The van der Waals surface area contributed by atoms with Gasteiger partial charge in [-0.3, -0.25) is 0 Å². The molecule has 21 heavy (non-hydrogen) atoms. The van der Waals surface area contributed by atoms with E-state index in [9.17, 15) is 0 Å². The molecular weight excluding hydrogens is 328 g/mol. The molecule has 4 nitrogen and oxygen atoms in total. The maximum atomic E-state index is 4.42. The Morgan fingerprint density at radius 2 is 2.19 bits per heavy atom. The summed E-state index contributed by atoms with van der Waals surface area (Å²) in [7, 11) is 0. The Kier molecular flexibility index (Phi) is 4.31. The zero-order valence-corrected chi connectivity index (χ0v) is 14.1. The Morgan fingerprint density at radius 1 is 1.33 bits per heavy atom. The van der Waals surface area contributed by atoms with E-state index < -0.39 is 0 Å². The first-order valence-corrected chi connectivity index (χ1v) is 8.19. The Labute approximate surface area is 134 Å². The lowest BCUT2D eigenvalue weighted by Gasteiger charge is -2.30. The molecule has 3 rings (SSSR count). The molecule has 2 heterocycles. The monoisotopic (exact) mass is 348 g/mol. The summed E-state index contributed by atoms with van der Waals surface area (Å²) >= 11 is 3.70. The van der Waals surface area contributed by atoms with Crippen LogP contribution < -0.4 is 10.2 Å². The van der Waals surface area contributed by atoms with Crippen molar-refractivity contribution in [3.63, 3.8) is 0 Å². The SMILES string of the molecule is CC(C)NCc1ccc(N2CCn3ccnc3C2)cc1Br. The molecule has 0 spiro atoms. The number of rotatable bonds is 4. The molecule has 1 aromatic heterocycles. The van der Waals surface area contributed by atoms with Gasteiger partial charge >= 0.3 is 0 Å². The molecule has 112 valence electrons. The van der Waals surface area contributed by atoms with E-state index in [1.807, 2.05) is 6.20 Å². The fraction of sp³-hybridized carbons (Fsp3) is 0.438. The second-order valence-electron chi connectivity index (χ2n) is 5.77. The molecule has 0 amide bonds. The van der Waals surface area contributed by atoms with Crippen LogP contribution in [0.15, 0.2) is 35.1 Å². The van der Waals surface area contributed by atoms with Gasteiger partial charge in [-0.05, 0) is 17.7 Å². The van der Waals surface area contributed by atoms with Crippen LogP contribution in [0.2, 0.25) is 0 Å². The average Bonchev–Trinajstić information content (AvgIpc) is 2.93. The highest BCUT2D eigenvalue weighted by Crippen LogP contribution is 2.26. The number of fused-ring (bicyclic) bond motifs is 1. The van der Waals surface area contributed by atoms with Crippen LogP contribution >= 0.6 is 15.9 Å². The van der Waals surface area contributed by atoms with E-state index in [-0.39, 0.29) is 0 Å². The maximum absolute atomic E-state index is 4.42. The highest BCUT2D eigenvalue weighted by atomic mass is 79.9. The number of imidazole rings is 1. The summed E-state index contributed by atoms with van der Waals surface area (Å²) in [6, 6.07) is 7.13. The molecule has 2 aromatic rings. The van der Waals surface area contributed by atoms with Gasteiger partial charge in [-0.15, -0.1) is 0 Å². The normalized spacial score (nSPS) is 14.6. The van der Waals surface area contributed by atoms with Crippen LogP contribution in [0.4, 0.5) is 5.69 Å². The fourth-order valence-corrected chi connectivity index (χ4v) is 3.09. The van der Waals surface area contributed by atoms with E-state index >= 15 is 0 Å². The van der Waals surface area contributed by atoms with Crippen molar-refractivity contribution >= 4 is 21.6 Å². The molecule has 0 saturated heterocycles. The molecule has 1 aliphatic rings. The van der Waals surface area contributed by atoms with E-state index in [4.69, 9.17) is 0 Å². The molecule has 1 N–H and O–H groups in total. The first kappa shape index (κ1) is 14.6. The lowest BCUT2D eigenvalue weighted by molar-refractivity contribution is 0.559. The standard InChI is InChI=1S/C16H21BrN4/c1-12(2)19-10-13-3-4-14(9-15(13)17)21-8-7-20-6-5-18-16(20)11-21/h3-6,9,12,19H,7-8,10-11H2,1-2H3. The van der Waals surface area contributed by atoms with Crippen molar-refractivity contribution in [3.05, 3.63) is 46.5 Å². The zero-order valence-electron chi connectivity index (χ0n) is 12.5. The average molecular weight is 349 g/mol. The zero-order chi connectivity index (χ0) is 14.8. The van der Waals surface area contributed by atoms with Gasteiger partial charge in [0.05, 0.1) is 6.54 Å². The molecule has 0 fully saturated rings. The van der Waals surface area contributed by atoms with Crippen molar-refractivity contribution in [3.8, 4) is 0 Å². The lowest BCUT2D eigenvalue weighted by atomic mass is 10.1. The number of hydrogen-bond donors (Lipinski definition) is 1. The number of halogens is 1. The largest absolute Gasteiger partial charge is 0.362 e. The minimum atomic E-state index is 0.498. The van der Waals surface area contributed by atoms with Crippen LogP contribution in [-0.2, 0) is 19.6 Å². The molecule has 0 aliphatic carbocycles. The van der Waals surface area contributed by atoms with Crippen LogP contribution in [0.3, 0.4) is 0 Å². The Hall–Kier alpha value is -1.33. The third-order valence-corrected chi connectivity index (χ3v) is 4.59. The van der Waals surface area contributed by atoms with Crippen molar-refractivity contribution in [1.29, 1.82) is 0 Å². The molecule has 1 aliphatic heterocycles. The first-order chi connectivity index (χ1) is 10.1. The van der Waals surface area contributed by atoms with Crippen LogP contribution in [0.25, 0.3) is 0 Å². The predicted octanol–water partition coefficient (Wildman–Crippen LogP) is 3.16. The van der Waals surface area contributed by atoms with E-state index in [1.54, 1.807) is 0 Å². The van der Waals surface area contributed by atoms with Gasteiger partial charge in [0.15, 0.2) is 0 Å². The minimum absolute atomic E-state index is 0.498. The number of anilines is 1. The van der Waals surface area contributed by atoms with E-state index in [1.165, 1.54) is 15.7 Å². The summed E-state index contributed by atoms with van der Waals surface area (Å²) in [5.74, 6) is 1.14. The van der Waals surface area contributed by atoms with E-state index in [2.05, 4.69) is 73.9 Å². The number of benzene rings is 1. The number of hydrogen-bond acceptors (Lipinski definition) is 3. The van der Waals surface area contributed by atoms with E-state index in [0.29, 0.717) is 6.04 Å². The third kappa shape index (κ3) is 3.30. The summed E-state index contributed by atoms with van der Waals surface area (Å²) in [6.07, 6.45) is 3.94. The molecule has 1 aromatic carbocycles. The van der Waals surface area contributed by atoms with Gasteiger partial charge in [0.1, 0.15) is 5.82 Å². The van der Waals surface area contributed by atoms with Gasteiger partial charge in [0, 0.05) is 48.2 Å². The summed E-state index contributed by atoms with van der Waals surface area (Å²) in [6.45, 7) is 8.13. The number of nitrogens with zero attached hydrogens (tertiary/aromatic N) is 3. The maximum Gasteiger partial charge on any atom is 0.128 e. The van der Waals surface area contributed by atoms with E-state index in [0.717, 1.165) is 32.0 Å². The minimum Gasteiger partial charge on any atom is -0.362 e. The van der Waals surface area contributed by atoms with Crippen LogP contribution in [0.1, 0.15) is 25.2 Å². The van der Waals surface area contributed by atoms with Crippen LogP contribution in [0.5, 0.6) is 0 Å². The van der Waals surface area contributed by atoms with Crippen LogP contribution in [0, 0.1) is 0 Å². The molecule has 0 radical (unpaired) electrons. The number of aromatic nitrogens is 2. The Bertz CT molecular complexity index is 620. The topological polar surface area (TPSA) is 33.1 Å². The van der Waals surface area contributed by atoms with Gasteiger partial charge in [0.25, 0.3) is 0 Å². The smallest absolute Gasteiger partial charge is 0.128 e. The number of nitrogens with one attached hydrogen (secondary N) is 1. The molecule has 5 heteroatoms. The quantitative estimate of drug-likeness (QED) is 0.921. The van der Waals surface area contributed by atoms with Crippen molar-refractivity contribution in [2.24, 2.45) is 0 Å². The van der Waals surface area contributed by atoms with Crippen molar-refractivity contribution in [1.82, 2.24) is 14.9 Å². The molecule has 0 bridgehead atoms. The summed E-state index contributed by atoms with van der Waals surface area (Å²) in [5, 5.41) is 3.45.